The van der Waals surface area contributed by atoms with Crippen LogP contribution in [0.3, 0.4) is 0 Å². The lowest BCUT2D eigenvalue weighted by Gasteiger charge is -2.27. The third kappa shape index (κ3) is 4.61. The molecule has 0 saturated carbocycles. The number of aromatic nitrogens is 3. The minimum absolute atomic E-state index is 0.0181. The third-order valence-corrected chi connectivity index (χ3v) is 4.26. The van der Waals surface area contributed by atoms with Crippen LogP contribution in [0.5, 0.6) is 0 Å². The third-order valence-electron chi connectivity index (χ3n) is 3.95. The van der Waals surface area contributed by atoms with Crippen molar-refractivity contribution < 1.29 is 13.9 Å². The Bertz CT molecular complexity index is 809. The molecular formula is C17H20ClFN6O2. The molecule has 144 valence electrons. The van der Waals surface area contributed by atoms with E-state index in [1.165, 1.54) is 18.2 Å². The molecule has 0 bridgehead atoms. The molecule has 1 aromatic carbocycles. The van der Waals surface area contributed by atoms with Gasteiger partial charge in [-0.25, -0.2) is 4.39 Å². The Labute approximate surface area is 161 Å². The predicted molar refractivity (Wildman–Crippen MR) is 99.8 cm³/mol. The van der Waals surface area contributed by atoms with Gasteiger partial charge in [0.1, 0.15) is 5.82 Å². The van der Waals surface area contributed by atoms with Gasteiger partial charge in [0.25, 0.3) is 5.91 Å². The van der Waals surface area contributed by atoms with E-state index < -0.39 is 11.7 Å². The van der Waals surface area contributed by atoms with E-state index in [9.17, 15) is 9.18 Å². The molecule has 1 amide bonds. The largest absolute Gasteiger partial charge is 0.378 e. The lowest BCUT2D eigenvalue weighted by atomic mass is 10.2. The van der Waals surface area contributed by atoms with Crippen LogP contribution in [-0.4, -0.2) is 61.3 Å². The molecule has 2 aromatic rings. The van der Waals surface area contributed by atoms with Crippen LogP contribution in [-0.2, 0) is 11.3 Å². The fourth-order valence-electron chi connectivity index (χ4n) is 2.54. The Hall–Kier alpha value is -2.52. The van der Waals surface area contributed by atoms with Gasteiger partial charge in [-0.05, 0) is 12.1 Å². The Kier molecular flexibility index (Phi) is 6.02. The fraction of sp³-hybridized carbons (Fsp3) is 0.412. The zero-order valence-corrected chi connectivity index (χ0v) is 15.8. The molecule has 0 spiro atoms. The van der Waals surface area contributed by atoms with Gasteiger partial charge in [-0.3, -0.25) is 4.79 Å². The summed E-state index contributed by atoms with van der Waals surface area (Å²) < 4.78 is 19.2. The van der Waals surface area contributed by atoms with Gasteiger partial charge in [0.05, 0.1) is 30.3 Å². The summed E-state index contributed by atoms with van der Waals surface area (Å²) in [6.45, 7) is 2.56. The number of anilines is 2. The van der Waals surface area contributed by atoms with Crippen molar-refractivity contribution in [1.29, 1.82) is 0 Å². The van der Waals surface area contributed by atoms with E-state index in [0.717, 1.165) is 0 Å². The number of amides is 1. The molecule has 1 aliphatic rings. The SMILES string of the molecule is CN(C)c1nc(CNC(=O)c2c(F)cccc2Cl)nc(N2CCOCC2)n1. The molecule has 1 fully saturated rings. The average Bonchev–Trinajstić information content (AvgIpc) is 2.66. The van der Waals surface area contributed by atoms with E-state index in [2.05, 4.69) is 20.3 Å². The highest BCUT2D eigenvalue weighted by Crippen LogP contribution is 2.19. The highest BCUT2D eigenvalue weighted by atomic mass is 35.5. The number of rotatable bonds is 5. The van der Waals surface area contributed by atoms with Crippen molar-refractivity contribution in [3.05, 3.63) is 40.4 Å². The maximum Gasteiger partial charge on any atom is 0.256 e. The van der Waals surface area contributed by atoms with E-state index >= 15 is 0 Å². The van der Waals surface area contributed by atoms with E-state index in [4.69, 9.17) is 16.3 Å². The van der Waals surface area contributed by atoms with Crippen molar-refractivity contribution in [2.45, 2.75) is 6.54 Å². The molecule has 10 heteroatoms. The first-order valence-electron chi connectivity index (χ1n) is 8.43. The van der Waals surface area contributed by atoms with Gasteiger partial charge in [-0.15, -0.1) is 0 Å². The van der Waals surface area contributed by atoms with Crippen LogP contribution in [0, 0.1) is 5.82 Å². The second-order valence-corrected chi connectivity index (χ2v) is 6.53. The van der Waals surface area contributed by atoms with E-state index in [-0.39, 0.29) is 17.1 Å². The summed E-state index contributed by atoms with van der Waals surface area (Å²) in [6, 6.07) is 4.09. The molecule has 8 nitrogen and oxygen atoms in total. The summed E-state index contributed by atoms with van der Waals surface area (Å²) in [5, 5.41) is 2.66. The highest BCUT2D eigenvalue weighted by molar-refractivity contribution is 6.33. The van der Waals surface area contributed by atoms with Crippen LogP contribution < -0.4 is 15.1 Å². The number of benzene rings is 1. The summed E-state index contributed by atoms with van der Waals surface area (Å²) in [4.78, 5) is 29.3. The molecule has 27 heavy (non-hydrogen) atoms. The van der Waals surface area contributed by atoms with Crippen molar-refractivity contribution in [3.8, 4) is 0 Å². The minimum Gasteiger partial charge on any atom is -0.378 e. The lowest BCUT2D eigenvalue weighted by molar-refractivity contribution is 0.0946. The van der Waals surface area contributed by atoms with Gasteiger partial charge in [0.15, 0.2) is 5.82 Å². The van der Waals surface area contributed by atoms with E-state index in [0.29, 0.717) is 44.0 Å². The Morgan fingerprint density at radius 3 is 2.70 bits per heavy atom. The van der Waals surface area contributed by atoms with Gasteiger partial charge in [0.2, 0.25) is 11.9 Å². The normalized spacial score (nSPS) is 14.1. The molecule has 3 rings (SSSR count). The topological polar surface area (TPSA) is 83.5 Å². The van der Waals surface area contributed by atoms with Gasteiger partial charge in [-0.2, -0.15) is 15.0 Å². The van der Waals surface area contributed by atoms with Crippen LogP contribution in [0.4, 0.5) is 16.3 Å². The number of ether oxygens (including phenoxy) is 1. The predicted octanol–water partition coefficient (Wildman–Crippen LogP) is 1.50. The number of nitrogens with one attached hydrogen (secondary N) is 1. The lowest BCUT2D eigenvalue weighted by Crippen LogP contribution is -2.38. The number of halogens is 2. The van der Waals surface area contributed by atoms with Crippen molar-refractivity contribution in [3.63, 3.8) is 0 Å². The van der Waals surface area contributed by atoms with Gasteiger partial charge >= 0.3 is 0 Å². The summed E-state index contributed by atoms with van der Waals surface area (Å²) in [7, 11) is 3.64. The number of nitrogens with zero attached hydrogens (tertiary/aromatic N) is 5. The number of carbonyl (C=O) groups excluding carboxylic acids is 1. The smallest absolute Gasteiger partial charge is 0.256 e. The Morgan fingerprint density at radius 2 is 2.04 bits per heavy atom. The van der Waals surface area contributed by atoms with Gasteiger partial charge in [-0.1, -0.05) is 17.7 Å². The first-order chi connectivity index (χ1) is 13.0. The standard InChI is InChI=1S/C17H20ClFN6O2/c1-24(2)16-21-13(22-17(23-16)25-6-8-27-9-7-25)10-20-15(26)14-11(18)4-3-5-12(14)19/h3-5H,6-10H2,1-2H3,(H,20,26). The highest BCUT2D eigenvalue weighted by Gasteiger charge is 2.19. The second-order valence-electron chi connectivity index (χ2n) is 6.12. The maximum absolute atomic E-state index is 13.9. The van der Waals surface area contributed by atoms with Crippen LogP contribution in [0.25, 0.3) is 0 Å². The number of hydrogen-bond acceptors (Lipinski definition) is 7. The molecule has 0 radical (unpaired) electrons. The van der Waals surface area contributed by atoms with Crippen molar-refractivity contribution >= 4 is 29.4 Å². The summed E-state index contributed by atoms with van der Waals surface area (Å²) in [5.74, 6) is 0.0531. The molecule has 2 heterocycles. The first kappa shape index (κ1) is 19.2. The maximum atomic E-state index is 13.9. The van der Waals surface area contributed by atoms with Crippen molar-refractivity contribution in [1.82, 2.24) is 20.3 Å². The molecule has 1 aliphatic heterocycles. The summed E-state index contributed by atoms with van der Waals surface area (Å²) >= 11 is 5.93. The molecule has 1 N–H and O–H groups in total. The fourth-order valence-corrected chi connectivity index (χ4v) is 2.79. The molecular weight excluding hydrogens is 375 g/mol. The number of carbonyl (C=O) groups is 1. The van der Waals surface area contributed by atoms with Crippen LogP contribution >= 0.6 is 11.6 Å². The molecule has 1 saturated heterocycles. The monoisotopic (exact) mass is 394 g/mol. The zero-order valence-electron chi connectivity index (χ0n) is 15.1. The summed E-state index contributed by atoms with van der Waals surface area (Å²) in [6.07, 6.45) is 0. The molecule has 0 unspecified atom stereocenters. The van der Waals surface area contributed by atoms with Gasteiger partial charge < -0.3 is 19.9 Å². The average molecular weight is 395 g/mol. The number of morpholine rings is 1. The van der Waals surface area contributed by atoms with Crippen LogP contribution in [0.2, 0.25) is 5.02 Å². The van der Waals surface area contributed by atoms with E-state index in [1.807, 2.05) is 19.0 Å². The van der Waals surface area contributed by atoms with Crippen molar-refractivity contribution in [2.24, 2.45) is 0 Å². The number of hydrogen-bond donors (Lipinski definition) is 1. The zero-order chi connectivity index (χ0) is 19.4. The molecule has 0 aliphatic carbocycles. The molecule has 0 atom stereocenters. The quantitative estimate of drug-likeness (QED) is 0.822. The van der Waals surface area contributed by atoms with Crippen LogP contribution in [0.15, 0.2) is 18.2 Å². The minimum atomic E-state index is -0.682. The Balaban J connectivity index is 1.79. The molecule has 1 aromatic heterocycles. The summed E-state index contributed by atoms with van der Waals surface area (Å²) in [5.41, 5.74) is -0.200. The second kappa shape index (κ2) is 8.45. The van der Waals surface area contributed by atoms with Gasteiger partial charge in [0, 0.05) is 27.2 Å². The Morgan fingerprint density at radius 1 is 1.30 bits per heavy atom. The van der Waals surface area contributed by atoms with E-state index in [1.54, 1.807) is 4.90 Å². The van der Waals surface area contributed by atoms with Crippen LogP contribution in [0.1, 0.15) is 16.2 Å². The first-order valence-corrected chi connectivity index (χ1v) is 8.80. The van der Waals surface area contributed by atoms with Crippen molar-refractivity contribution in [2.75, 3.05) is 50.2 Å².